The van der Waals surface area contributed by atoms with Gasteiger partial charge in [0, 0.05) is 30.1 Å². The standard InChI is InChI=1S/C11H9BrN2O2/c12-6-3-5-8(4-9(6)15)14-7-1-2-13-11(16)10(5)7/h3-4,14-15H,1-2H2,(H,13,16). The number of carbonyl (C=O) groups excluding carboxylic acids is 1. The van der Waals surface area contributed by atoms with E-state index in [1.54, 1.807) is 12.1 Å². The van der Waals surface area contributed by atoms with Crippen molar-refractivity contribution >= 4 is 32.7 Å². The van der Waals surface area contributed by atoms with Crippen LogP contribution in [0.4, 0.5) is 0 Å². The fraction of sp³-hybridized carbons (Fsp3) is 0.182. The molecule has 0 saturated carbocycles. The fourth-order valence-electron chi connectivity index (χ4n) is 2.10. The number of hydrogen-bond donors (Lipinski definition) is 3. The summed E-state index contributed by atoms with van der Waals surface area (Å²) in [6.45, 7) is 0.659. The van der Waals surface area contributed by atoms with Crippen molar-refractivity contribution in [3.8, 4) is 5.75 Å². The van der Waals surface area contributed by atoms with Gasteiger partial charge < -0.3 is 15.4 Å². The maximum absolute atomic E-state index is 11.7. The highest BCUT2D eigenvalue weighted by Gasteiger charge is 2.22. The normalized spacial score (nSPS) is 14.9. The zero-order valence-corrected chi connectivity index (χ0v) is 9.89. The summed E-state index contributed by atoms with van der Waals surface area (Å²) in [5.74, 6) is 0.122. The number of aromatic nitrogens is 1. The quantitative estimate of drug-likeness (QED) is 0.690. The smallest absolute Gasteiger partial charge is 0.253 e. The maximum atomic E-state index is 11.7. The van der Waals surface area contributed by atoms with Crippen LogP contribution in [0.1, 0.15) is 16.1 Å². The van der Waals surface area contributed by atoms with Crippen LogP contribution in [0.5, 0.6) is 5.75 Å². The summed E-state index contributed by atoms with van der Waals surface area (Å²) in [5, 5.41) is 13.2. The molecule has 1 amide bonds. The highest BCUT2D eigenvalue weighted by atomic mass is 79.9. The number of fused-ring (bicyclic) bond motifs is 3. The molecule has 3 rings (SSSR count). The van der Waals surface area contributed by atoms with Gasteiger partial charge in [-0.2, -0.15) is 0 Å². The van der Waals surface area contributed by atoms with Gasteiger partial charge in [0.2, 0.25) is 0 Å². The second-order valence-electron chi connectivity index (χ2n) is 3.83. The van der Waals surface area contributed by atoms with Gasteiger partial charge in [0.25, 0.3) is 5.91 Å². The molecule has 2 heterocycles. The van der Waals surface area contributed by atoms with Crippen molar-refractivity contribution < 1.29 is 9.90 Å². The monoisotopic (exact) mass is 280 g/mol. The van der Waals surface area contributed by atoms with Crippen LogP contribution in [0.25, 0.3) is 10.9 Å². The van der Waals surface area contributed by atoms with Crippen molar-refractivity contribution in [1.82, 2.24) is 10.3 Å². The SMILES string of the molecule is O=C1NCCc2[nH]c3cc(O)c(Br)cc3c21. The molecule has 0 fully saturated rings. The molecule has 0 bridgehead atoms. The lowest BCUT2D eigenvalue weighted by Crippen LogP contribution is -2.31. The Hall–Kier alpha value is -1.49. The first-order valence-electron chi connectivity index (χ1n) is 4.98. The van der Waals surface area contributed by atoms with E-state index in [9.17, 15) is 9.90 Å². The molecule has 0 atom stereocenters. The Morgan fingerprint density at radius 2 is 2.19 bits per heavy atom. The number of carbonyl (C=O) groups is 1. The van der Waals surface area contributed by atoms with Gasteiger partial charge in [0.15, 0.2) is 0 Å². The van der Waals surface area contributed by atoms with Gasteiger partial charge in [0.1, 0.15) is 5.75 Å². The number of phenols is 1. The van der Waals surface area contributed by atoms with Crippen molar-refractivity contribution in [2.45, 2.75) is 6.42 Å². The first-order chi connectivity index (χ1) is 7.66. The fourth-order valence-corrected chi connectivity index (χ4v) is 2.44. The van der Waals surface area contributed by atoms with Crippen LogP contribution in [0.15, 0.2) is 16.6 Å². The summed E-state index contributed by atoms with van der Waals surface area (Å²) < 4.78 is 0.597. The third kappa shape index (κ3) is 1.24. The highest BCUT2D eigenvalue weighted by Crippen LogP contribution is 2.33. The third-order valence-corrected chi connectivity index (χ3v) is 3.47. The zero-order valence-electron chi connectivity index (χ0n) is 8.30. The van der Waals surface area contributed by atoms with E-state index in [2.05, 4.69) is 26.2 Å². The predicted octanol–water partition coefficient (Wildman–Crippen LogP) is 1.92. The van der Waals surface area contributed by atoms with Crippen LogP contribution in [-0.4, -0.2) is 22.5 Å². The molecule has 1 aliphatic rings. The van der Waals surface area contributed by atoms with E-state index in [1.807, 2.05) is 0 Å². The minimum absolute atomic E-state index is 0.0508. The molecule has 0 aliphatic carbocycles. The van der Waals surface area contributed by atoms with Crippen molar-refractivity contribution in [2.75, 3.05) is 6.54 Å². The Balaban J connectivity index is 2.38. The average molecular weight is 281 g/mol. The van der Waals surface area contributed by atoms with Crippen molar-refractivity contribution in [2.24, 2.45) is 0 Å². The average Bonchev–Trinajstić information content (AvgIpc) is 2.58. The Morgan fingerprint density at radius 1 is 1.38 bits per heavy atom. The minimum atomic E-state index is -0.0508. The molecule has 1 aromatic carbocycles. The second kappa shape index (κ2) is 3.25. The summed E-state index contributed by atoms with van der Waals surface area (Å²) in [4.78, 5) is 14.9. The van der Waals surface area contributed by atoms with Gasteiger partial charge in [-0.15, -0.1) is 0 Å². The zero-order chi connectivity index (χ0) is 11.3. The lowest BCUT2D eigenvalue weighted by Gasteiger charge is -2.11. The van der Waals surface area contributed by atoms with Crippen LogP contribution < -0.4 is 5.32 Å². The number of nitrogens with one attached hydrogen (secondary N) is 2. The molecule has 5 heteroatoms. The second-order valence-corrected chi connectivity index (χ2v) is 4.69. The van der Waals surface area contributed by atoms with Gasteiger partial charge in [0.05, 0.1) is 15.6 Å². The van der Waals surface area contributed by atoms with E-state index in [0.29, 0.717) is 16.6 Å². The lowest BCUT2D eigenvalue weighted by atomic mass is 10.1. The van der Waals surface area contributed by atoms with Crippen LogP contribution >= 0.6 is 15.9 Å². The van der Waals surface area contributed by atoms with E-state index in [0.717, 1.165) is 23.0 Å². The number of aromatic hydroxyl groups is 1. The topological polar surface area (TPSA) is 65.1 Å². The molecule has 4 nitrogen and oxygen atoms in total. The summed E-state index contributed by atoms with van der Waals surface area (Å²) in [6.07, 6.45) is 0.800. The number of phenolic OH excluding ortho intramolecular Hbond substituents is 1. The first-order valence-corrected chi connectivity index (χ1v) is 5.77. The van der Waals surface area contributed by atoms with E-state index >= 15 is 0 Å². The third-order valence-electron chi connectivity index (χ3n) is 2.83. The molecule has 82 valence electrons. The summed E-state index contributed by atoms with van der Waals surface area (Å²) in [5.41, 5.74) is 2.43. The Morgan fingerprint density at radius 3 is 3.00 bits per heavy atom. The van der Waals surface area contributed by atoms with Gasteiger partial charge in [-0.1, -0.05) is 0 Å². The van der Waals surface area contributed by atoms with Gasteiger partial charge in [-0.25, -0.2) is 0 Å². The number of aromatic amines is 1. The number of hydrogen-bond acceptors (Lipinski definition) is 2. The molecule has 0 spiro atoms. The summed E-state index contributed by atoms with van der Waals surface area (Å²) in [7, 11) is 0. The van der Waals surface area contributed by atoms with Crippen molar-refractivity contribution in [1.29, 1.82) is 0 Å². The number of H-pyrrole nitrogens is 1. The molecule has 0 saturated heterocycles. The van der Waals surface area contributed by atoms with E-state index in [4.69, 9.17) is 0 Å². The largest absolute Gasteiger partial charge is 0.507 e. The highest BCUT2D eigenvalue weighted by molar-refractivity contribution is 9.10. The maximum Gasteiger partial charge on any atom is 0.253 e. The molecule has 3 N–H and O–H groups in total. The molecular formula is C11H9BrN2O2. The molecule has 0 unspecified atom stereocenters. The summed E-state index contributed by atoms with van der Waals surface area (Å²) >= 11 is 3.25. The minimum Gasteiger partial charge on any atom is -0.507 e. The number of halogens is 1. The van der Waals surface area contributed by atoms with E-state index < -0.39 is 0 Å². The Kier molecular flexibility index (Phi) is 1.97. The van der Waals surface area contributed by atoms with Gasteiger partial charge >= 0.3 is 0 Å². The molecule has 16 heavy (non-hydrogen) atoms. The van der Waals surface area contributed by atoms with Crippen LogP contribution in [0.3, 0.4) is 0 Å². The molecule has 1 aliphatic heterocycles. The molecular weight excluding hydrogens is 272 g/mol. The van der Waals surface area contributed by atoms with E-state index in [1.165, 1.54) is 0 Å². The van der Waals surface area contributed by atoms with Gasteiger partial charge in [-0.05, 0) is 22.0 Å². The van der Waals surface area contributed by atoms with Gasteiger partial charge in [-0.3, -0.25) is 4.79 Å². The molecule has 2 aromatic rings. The first kappa shape index (κ1) is 9.72. The lowest BCUT2D eigenvalue weighted by molar-refractivity contribution is 0.0947. The summed E-state index contributed by atoms with van der Waals surface area (Å²) in [6, 6.07) is 3.40. The number of benzene rings is 1. The Bertz CT molecular complexity index is 604. The van der Waals surface area contributed by atoms with Crippen LogP contribution in [0, 0.1) is 0 Å². The molecule has 1 aromatic heterocycles. The van der Waals surface area contributed by atoms with E-state index in [-0.39, 0.29) is 11.7 Å². The van der Waals surface area contributed by atoms with Crippen molar-refractivity contribution in [3.63, 3.8) is 0 Å². The predicted molar refractivity (Wildman–Crippen MR) is 63.7 cm³/mol. The van der Waals surface area contributed by atoms with Crippen LogP contribution in [0.2, 0.25) is 0 Å². The number of amides is 1. The van der Waals surface area contributed by atoms with Crippen molar-refractivity contribution in [3.05, 3.63) is 27.9 Å². The number of rotatable bonds is 0. The molecule has 0 radical (unpaired) electrons. The Labute approximate surface area is 99.8 Å². The van der Waals surface area contributed by atoms with Crippen LogP contribution in [-0.2, 0) is 6.42 Å².